The summed E-state index contributed by atoms with van der Waals surface area (Å²) in [5.41, 5.74) is 3.04. The first-order chi connectivity index (χ1) is 7.92. The molecule has 0 saturated carbocycles. The molecule has 0 spiro atoms. The van der Waals surface area contributed by atoms with Gasteiger partial charge in [-0.2, -0.15) is 11.8 Å². The molecule has 3 rings (SSSR count). The molecule has 1 N–H and O–H groups in total. The minimum Gasteiger partial charge on any atom is -0.311 e. The van der Waals surface area contributed by atoms with Crippen LogP contribution in [0.5, 0.6) is 0 Å². The summed E-state index contributed by atoms with van der Waals surface area (Å²) in [5, 5.41) is 3.61. The summed E-state index contributed by atoms with van der Waals surface area (Å²) < 4.78 is 0. The molecule has 1 fully saturated rings. The third-order valence-electron chi connectivity index (χ3n) is 3.38. The van der Waals surface area contributed by atoms with E-state index in [1.54, 1.807) is 0 Å². The van der Waals surface area contributed by atoms with Crippen molar-refractivity contribution in [2.24, 2.45) is 0 Å². The topological polar surface area (TPSA) is 15.3 Å². The Bertz CT molecular complexity index is 336. The summed E-state index contributed by atoms with van der Waals surface area (Å²) in [7, 11) is 0. The van der Waals surface area contributed by atoms with Crippen molar-refractivity contribution in [2.75, 3.05) is 24.6 Å². The van der Waals surface area contributed by atoms with Crippen molar-refractivity contribution in [1.29, 1.82) is 0 Å². The zero-order valence-electron chi connectivity index (χ0n) is 9.48. The SMILES string of the molecule is c1ccc2c(c1)CN(CC1CSCCN1)C2. The highest BCUT2D eigenvalue weighted by Gasteiger charge is 2.22. The molecule has 2 aliphatic heterocycles. The maximum atomic E-state index is 3.61. The van der Waals surface area contributed by atoms with Gasteiger partial charge in [-0.1, -0.05) is 24.3 Å². The van der Waals surface area contributed by atoms with Crippen molar-refractivity contribution in [1.82, 2.24) is 10.2 Å². The average molecular weight is 234 g/mol. The highest BCUT2D eigenvalue weighted by atomic mass is 32.2. The van der Waals surface area contributed by atoms with Crippen molar-refractivity contribution in [3.8, 4) is 0 Å². The molecule has 1 unspecified atom stereocenters. The summed E-state index contributed by atoms with van der Waals surface area (Å²) in [5.74, 6) is 2.55. The van der Waals surface area contributed by atoms with Crippen molar-refractivity contribution >= 4 is 11.8 Å². The number of hydrogen-bond acceptors (Lipinski definition) is 3. The van der Waals surface area contributed by atoms with E-state index in [-0.39, 0.29) is 0 Å². The van der Waals surface area contributed by atoms with Gasteiger partial charge in [-0.15, -0.1) is 0 Å². The zero-order valence-corrected chi connectivity index (χ0v) is 10.3. The lowest BCUT2D eigenvalue weighted by molar-refractivity contribution is 0.256. The molecule has 1 atom stereocenters. The van der Waals surface area contributed by atoms with Gasteiger partial charge in [-0.05, 0) is 11.1 Å². The highest BCUT2D eigenvalue weighted by molar-refractivity contribution is 7.99. The smallest absolute Gasteiger partial charge is 0.0286 e. The fourth-order valence-electron chi connectivity index (χ4n) is 2.58. The van der Waals surface area contributed by atoms with Gasteiger partial charge in [0.05, 0.1) is 0 Å². The van der Waals surface area contributed by atoms with Gasteiger partial charge >= 0.3 is 0 Å². The Balaban J connectivity index is 1.59. The molecule has 0 amide bonds. The standard InChI is InChI=1S/C13H18N2S/c1-2-4-12-8-15(7-11(12)3-1)9-13-10-16-6-5-14-13/h1-4,13-14H,5-10H2. The lowest BCUT2D eigenvalue weighted by Gasteiger charge is -2.27. The maximum absolute atomic E-state index is 3.61. The molecular formula is C13H18N2S. The molecule has 0 aliphatic carbocycles. The molecule has 0 aromatic heterocycles. The second kappa shape index (κ2) is 4.78. The van der Waals surface area contributed by atoms with E-state index in [0.29, 0.717) is 6.04 Å². The lowest BCUT2D eigenvalue weighted by atomic mass is 10.1. The minimum absolute atomic E-state index is 0.688. The van der Waals surface area contributed by atoms with Crippen LogP contribution in [0.25, 0.3) is 0 Å². The Hall–Kier alpha value is -0.510. The van der Waals surface area contributed by atoms with Gasteiger partial charge < -0.3 is 5.32 Å². The number of fused-ring (bicyclic) bond motifs is 1. The molecular weight excluding hydrogens is 216 g/mol. The van der Waals surface area contributed by atoms with Crippen molar-refractivity contribution in [3.63, 3.8) is 0 Å². The van der Waals surface area contributed by atoms with Gasteiger partial charge in [0, 0.05) is 43.7 Å². The largest absolute Gasteiger partial charge is 0.311 e. The fraction of sp³-hybridized carbons (Fsp3) is 0.538. The fourth-order valence-corrected chi connectivity index (χ4v) is 3.52. The summed E-state index contributed by atoms with van der Waals surface area (Å²) in [6.45, 7) is 4.65. The minimum atomic E-state index is 0.688. The Morgan fingerprint density at radius 3 is 2.62 bits per heavy atom. The molecule has 0 radical (unpaired) electrons. The Kier molecular flexibility index (Phi) is 3.18. The molecule has 1 saturated heterocycles. The van der Waals surface area contributed by atoms with Crippen molar-refractivity contribution in [3.05, 3.63) is 35.4 Å². The number of thioether (sulfide) groups is 1. The van der Waals surface area contributed by atoms with Crippen LogP contribution >= 0.6 is 11.8 Å². The van der Waals surface area contributed by atoms with Crippen molar-refractivity contribution < 1.29 is 0 Å². The van der Waals surface area contributed by atoms with Gasteiger partial charge in [0.25, 0.3) is 0 Å². The van der Waals surface area contributed by atoms with Crippen LogP contribution in [-0.4, -0.2) is 35.5 Å². The molecule has 2 aliphatic rings. The molecule has 86 valence electrons. The maximum Gasteiger partial charge on any atom is 0.0286 e. The van der Waals surface area contributed by atoms with E-state index in [4.69, 9.17) is 0 Å². The third kappa shape index (κ3) is 2.26. The summed E-state index contributed by atoms with van der Waals surface area (Å²) in [4.78, 5) is 2.56. The first-order valence-corrected chi connectivity index (χ1v) is 7.17. The van der Waals surface area contributed by atoms with Crippen molar-refractivity contribution in [2.45, 2.75) is 19.1 Å². The van der Waals surface area contributed by atoms with Crippen LogP contribution in [-0.2, 0) is 13.1 Å². The third-order valence-corrected chi connectivity index (χ3v) is 4.51. The monoisotopic (exact) mass is 234 g/mol. The average Bonchev–Trinajstić information content (AvgIpc) is 2.72. The van der Waals surface area contributed by atoms with E-state index in [1.807, 2.05) is 0 Å². The molecule has 2 nitrogen and oxygen atoms in total. The quantitative estimate of drug-likeness (QED) is 0.838. The molecule has 3 heteroatoms. The van der Waals surface area contributed by atoms with Crippen LogP contribution in [0.1, 0.15) is 11.1 Å². The van der Waals surface area contributed by atoms with E-state index in [2.05, 4.69) is 46.2 Å². The number of rotatable bonds is 2. The predicted octanol–water partition coefficient (Wildman–Crippen LogP) is 1.71. The van der Waals surface area contributed by atoms with Gasteiger partial charge in [0.2, 0.25) is 0 Å². The number of nitrogens with one attached hydrogen (secondary N) is 1. The number of hydrogen-bond donors (Lipinski definition) is 1. The molecule has 0 bridgehead atoms. The molecule has 1 aromatic rings. The van der Waals surface area contributed by atoms with Crippen LogP contribution < -0.4 is 5.32 Å². The number of nitrogens with zero attached hydrogens (tertiary/aromatic N) is 1. The Labute approximate surface area is 101 Å². The summed E-state index contributed by atoms with van der Waals surface area (Å²) >= 11 is 2.08. The summed E-state index contributed by atoms with van der Waals surface area (Å²) in [6.07, 6.45) is 0. The van der Waals surface area contributed by atoms with Crippen LogP contribution in [0.2, 0.25) is 0 Å². The van der Waals surface area contributed by atoms with Gasteiger partial charge in [-0.3, -0.25) is 4.90 Å². The van der Waals surface area contributed by atoms with E-state index in [0.717, 1.165) is 13.1 Å². The highest BCUT2D eigenvalue weighted by Crippen LogP contribution is 2.22. The first-order valence-electron chi connectivity index (χ1n) is 6.02. The lowest BCUT2D eigenvalue weighted by Crippen LogP contribution is -2.44. The first kappa shape index (κ1) is 10.6. The Morgan fingerprint density at radius 2 is 2.00 bits per heavy atom. The Morgan fingerprint density at radius 1 is 1.25 bits per heavy atom. The molecule has 1 aromatic carbocycles. The molecule has 2 heterocycles. The van der Waals surface area contributed by atoms with Crippen LogP contribution in [0, 0.1) is 0 Å². The van der Waals surface area contributed by atoms with Crippen LogP contribution in [0.15, 0.2) is 24.3 Å². The second-order valence-electron chi connectivity index (χ2n) is 4.66. The normalized spacial score (nSPS) is 25.6. The van der Waals surface area contributed by atoms with Crippen LogP contribution in [0.3, 0.4) is 0 Å². The van der Waals surface area contributed by atoms with E-state index >= 15 is 0 Å². The second-order valence-corrected chi connectivity index (χ2v) is 5.81. The van der Waals surface area contributed by atoms with E-state index in [1.165, 1.54) is 35.7 Å². The van der Waals surface area contributed by atoms with E-state index in [9.17, 15) is 0 Å². The number of benzene rings is 1. The van der Waals surface area contributed by atoms with Gasteiger partial charge in [-0.25, -0.2) is 0 Å². The van der Waals surface area contributed by atoms with E-state index < -0.39 is 0 Å². The van der Waals surface area contributed by atoms with Crippen LogP contribution in [0.4, 0.5) is 0 Å². The van der Waals surface area contributed by atoms with Gasteiger partial charge in [0.15, 0.2) is 0 Å². The zero-order chi connectivity index (χ0) is 10.8. The predicted molar refractivity (Wildman–Crippen MR) is 69.7 cm³/mol. The molecule has 16 heavy (non-hydrogen) atoms. The van der Waals surface area contributed by atoms with Gasteiger partial charge in [0.1, 0.15) is 0 Å². The summed E-state index contributed by atoms with van der Waals surface area (Å²) in [6, 6.07) is 9.51.